The highest BCUT2D eigenvalue weighted by atomic mass is 127. The summed E-state index contributed by atoms with van der Waals surface area (Å²) in [6.45, 7) is 0. The Morgan fingerprint density at radius 3 is 2.73 bits per heavy atom. The number of alkyl halides is 2. The maximum Gasteiger partial charge on any atom is 0.307 e. The van der Waals surface area contributed by atoms with E-state index in [1.54, 1.807) is 22.6 Å². The molecule has 82 valence electrons. The third kappa shape index (κ3) is 2.74. The summed E-state index contributed by atoms with van der Waals surface area (Å²) in [6.07, 6.45) is -1.89. The maximum absolute atomic E-state index is 12.5. The predicted octanol–water partition coefficient (Wildman–Crippen LogP) is 1.83. The van der Waals surface area contributed by atoms with E-state index in [1.807, 2.05) is 0 Å². The summed E-state index contributed by atoms with van der Waals surface area (Å²) >= 11 is 1.65. The molecule has 0 saturated heterocycles. The Kier molecular flexibility index (Phi) is 3.77. The number of nitrogen functional groups attached to an aromatic ring is 1. The van der Waals surface area contributed by atoms with Gasteiger partial charge in [-0.05, 0) is 28.2 Å². The summed E-state index contributed by atoms with van der Waals surface area (Å²) in [5.41, 5.74) is 5.13. The molecule has 0 saturated carbocycles. The first-order valence-electron chi connectivity index (χ1n) is 3.86. The van der Waals surface area contributed by atoms with Gasteiger partial charge in [0.05, 0.1) is 12.0 Å². The molecule has 0 unspecified atom stereocenters. The average molecular weight is 328 g/mol. The quantitative estimate of drug-likeness (QED) is 0.830. The molecular formula is C8H7F2IN2O2. The van der Waals surface area contributed by atoms with Crippen molar-refractivity contribution in [3.8, 4) is 0 Å². The van der Waals surface area contributed by atoms with E-state index in [4.69, 9.17) is 10.8 Å². The van der Waals surface area contributed by atoms with Crippen molar-refractivity contribution in [2.24, 2.45) is 0 Å². The Bertz CT molecular complexity index is 398. The lowest BCUT2D eigenvalue weighted by atomic mass is 10.1. The second kappa shape index (κ2) is 4.69. The summed E-state index contributed by atoms with van der Waals surface area (Å²) in [4.78, 5) is 14.0. The van der Waals surface area contributed by atoms with E-state index in [9.17, 15) is 13.6 Å². The topological polar surface area (TPSA) is 76.2 Å². The van der Waals surface area contributed by atoms with Gasteiger partial charge in [0.2, 0.25) is 0 Å². The monoisotopic (exact) mass is 328 g/mol. The molecule has 1 aromatic heterocycles. The van der Waals surface area contributed by atoms with E-state index in [-0.39, 0.29) is 21.4 Å². The molecule has 0 fully saturated rings. The predicted molar refractivity (Wildman–Crippen MR) is 57.7 cm³/mol. The molecule has 0 aliphatic rings. The number of carboxylic acids is 1. The molecule has 7 heteroatoms. The van der Waals surface area contributed by atoms with Gasteiger partial charge in [0.15, 0.2) is 0 Å². The van der Waals surface area contributed by atoms with Gasteiger partial charge in [0.25, 0.3) is 6.43 Å². The lowest BCUT2D eigenvalue weighted by molar-refractivity contribution is -0.136. The van der Waals surface area contributed by atoms with E-state index in [0.717, 1.165) is 0 Å². The molecule has 0 aliphatic heterocycles. The Labute approximate surface area is 97.6 Å². The average Bonchev–Trinajstić information content (AvgIpc) is 2.09. The van der Waals surface area contributed by atoms with Gasteiger partial charge < -0.3 is 10.8 Å². The van der Waals surface area contributed by atoms with Crippen LogP contribution in [0.5, 0.6) is 0 Å². The number of rotatable bonds is 3. The van der Waals surface area contributed by atoms with Crippen LogP contribution in [0.1, 0.15) is 17.6 Å². The van der Waals surface area contributed by atoms with Crippen molar-refractivity contribution in [1.82, 2.24) is 4.98 Å². The van der Waals surface area contributed by atoms with E-state index < -0.39 is 18.0 Å². The number of aliphatic carboxylic acids is 1. The van der Waals surface area contributed by atoms with Gasteiger partial charge in [-0.2, -0.15) is 0 Å². The van der Waals surface area contributed by atoms with Crippen molar-refractivity contribution >= 4 is 34.4 Å². The van der Waals surface area contributed by atoms with Gasteiger partial charge in [-0.15, -0.1) is 0 Å². The Morgan fingerprint density at radius 2 is 2.27 bits per heavy atom. The molecule has 0 amide bonds. The minimum absolute atomic E-state index is 0.164. The van der Waals surface area contributed by atoms with Crippen molar-refractivity contribution in [1.29, 1.82) is 0 Å². The maximum atomic E-state index is 12.5. The van der Waals surface area contributed by atoms with Crippen molar-refractivity contribution in [3.05, 3.63) is 20.9 Å². The lowest BCUT2D eigenvalue weighted by Crippen LogP contribution is -2.08. The Balaban J connectivity index is 3.22. The molecule has 15 heavy (non-hydrogen) atoms. The summed E-state index contributed by atoms with van der Waals surface area (Å²) < 4.78 is 25.2. The molecule has 1 aromatic rings. The summed E-state index contributed by atoms with van der Waals surface area (Å²) in [5.74, 6) is -1.36. The fraction of sp³-hybridized carbons (Fsp3) is 0.250. The highest BCUT2D eigenvalue weighted by Gasteiger charge is 2.20. The van der Waals surface area contributed by atoms with Gasteiger partial charge in [-0.1, -0.05) is 0 Å². The van der Waals surface area contributed by atoms with E-state index in [1.165, 1.54) is 6.20 Å². The van der Waals surface area contributed by atoms with Gasteiger partial charge in [0.1, 0.15) is 5.82 Å². The third-order valence-electron chi connectivity index (χ3n) is 1.71. The van der Waals surface area contributed by atoms with E-state index in [0.29, 0.717) is 0 Å². The number of carboxylic acid groups (broad SMARTS) is 1. The first-order chi connectivity index (χ1) is 6.93. The van der Waals surface area contributed by atoms with Gasteiger partial charge in [-0.25, -0.2) is 13.8 Å². The molecule has 1 heterocycles. The van der Waals surface area contributed by atoms with Crippen LogP contribution in [0.4, 0.5) is 14.6 Å². The largest absolute Gasteiger partial charge is 0.481 e. The summed E-state index contributed by atoms with van der Waals surface area (Å²) in [5, 5.41) is 8.54. The molecular weight excluding hydrogens is 321 g/mol. The number of hydrogen-bond donors (Lipinski definition) is 2. The number of hydrogen-bond acceptors (Lipinski definition) is 3. The molecule has 4 nitrogen and oxygen atoms in total. The zero-order chi connectivity index (χ0) is 11.6. The van der Waals surface area contributed by atoms with Crippen LogP contribution in [0.2, 0.25) is 0 Å². The zero-order valence-corrected chi connectivity index (χ0v) is 9.53. The highest BCUT2D eigenvalue weighted by molar-refractivity contribution is 14.1. The second-order valence-corrected chi connectivity index (χ2v) is 3.85. The van der Waals surface area contributed by atoms with Crippen LogP contribution in [0, 0.1) is 3.57 Å². The number of nitrogens with zero attached hydrogens (tertiary/aromatic N) is 1. The summed E-state index contributed by atoms with van der Waals surface area (Å²) in [6, 6.07) is 0. The third-order valence-corrected chi connectivity index (χ3v) is 2.99. The molecule has 0 aromatic carbocycles. The molecule has 1 rings (SSSR count). The number of aromatic nitrogens is 1. The molecule has 3 N–H and O–H groups in total. The second-order valence-electron chi connectivity index (χ2n) is 2.77. The van der Waals surface area contributed by atoms with Crippen LogP contribution in [0.15, 0.2) is 6.20 Å². The minimum Gasteiger partial charge on any atom is -0.481 e. The van der Waals surface area contributed by atoms with Crippen molar-refractivity contribution in [2.75, 3.05) is 5.73 Å². The molecule has 0 spiro atoms. The number of carbonyl (C=O) groups is 1. The normalized spacial score (nSPS) is 10.7. The van der Waals surface area contributed by atoms with Crippen LogP contribution in [0.3, 0.4) is 0 Å². The van der Waals surface area contributed by atoms with Crippen LogP contribution < -0.4 is 5.73 Å². The Morgan fingerprint density at radius 1 is 1.67 bits per heavy atom. The highest BCUT2D eigenvalue weighted by Crippen LogP contribution is 2.30. The Hall–Kier alpha value is -0.990. The standard InChI is InChI=1S/C8H7F2IN2O2/c9-7(10)5-6(11)3(1-4(14)15)2-13-8(5)12/h2,7H,1H2,(H2,12,13)(H,14,15). The number of nitrogens with two attached hydrogens (primary N) is 1. The van der Waals surface area contributed by atoms with Gasteiger partial charge in [0, 0.05) is 9.77 Å². The van der Waals surface area contributed by atoms with Crippen LogP contribution >= 0.6 is 22.6 Å². The SMILES string of the molecule is Nc1ncc(CC(=O)O)c(I)c1C(F)F. The van der Waals surface area contributed by atoms with Crippen LogP contribution in [-0.4, -0.2) is 16.1 Å². The van der Waals surface area contributed by atoms with E-state index >= 15 is 0 Å². The van der Waals surface area contributed by atoms with Gasteiger partial charge >= 0.3 is 5.97 Å². The van der Waals surface area contributed by atoms with Crippen LogP contribution in [0.25, 0.3) is 0 Å². The smallest absolute Gasteiger partial charge is 0.307 e. The van der Waals surface area contributed by atoms with Crippen molar-refractivity contribution in [2.45, 2.75) is 12.8 Å². The molecule has 0 atom stereocenters. The van der Waals surface area contributed by atoms with Crippen LogP contribution in [-0.2, 0) is 11.2 Å². The van der Waals surface area contributed by atoms with E-state index in [2.05, 4.69) is 4.98 Å². The minimum atomic E-state index is -2.75. The fourth-order valence-corrected chi connectivity index (χ4v) is 1.89. The molecule has 0 bridgehead atoms. The summed E-state index contributed by atoms with van der Waals surface area (Å²) in [7, 11) is 0. The first-order valence-corrected chi connectivity index (χ1v) is 4.94. The number of pyridine rings is 1. The first kappa shape index (κ1) is 12.1. The molecule has 0 radical (unpaired) electrons. The fourth-order valence-electron chi connectivity index (χ4n) is 1.05. The number of anilines is 1. The van der Waals surface area contributed by atoms with Crippen molar-refractivity contribution < 1.29 is 18.7 Å². The van der Waals surface area contributed by atoms with Crippen molar-refractivity contribution in [3.63, 3.8) is 0 Å². The zero-order valence-electron chi connectivity index (χ0n) is 7.38. The molecule has 0 aliphatic carbocycles. The van der Waals surface area contributed by atoms with Gasteiger partial charge in [-0.3, -0.25) is 4.79 Å². The lowest BCUT2D eigenvalue weighted by Gasteiger charge is -2.09. The number of halogens is 3.